The Bertz CT molecular complexity index is 1150. The van der Waals surface area contributed by atoms with Crippen LogP contribution < -0.4 is 14.4 Å². The third-order valence-corrected chi connectivity index (χ3v) is 6.07. The summed E-state index contributed by atoms with van der Waals surface area (Å²) < 4.78 is 16.6. The van der Waals surface area contributed by atoms with E-state index in [-0.39, 0.29) is 5.75 Å². The number of aryl methyl sites for hydroxylation is 1. The maximum absolute atomic E-state index is 10.3. The number of hydrogen-bond donors (Lipinski definition) is 5. The van der Waals surface area contributed by atoms with Gasteiger partial charge in [0.25, 0.3) is 0 Å². The van der Waals surface area contributed by atoms with Gasteiger partial charge in [0.1, 0.15) is 30.2 Å². The Hall–Kier alpha value is -3.15. The zero-order valence-electron chi connectivity index (χ0n) is 20.0. The van der Waals surface area contributed by atoms with Crippen LogP contribution in [0.3, 0.4) is 0 Å². The lowest BCUT2D eigenvalue weighted by Gasteiger charge is -2.39. The Morgan fingerprint density at radius 3 is 2.29 bits per heavy atom. The maximum Gasteiger partial charge on any atom is 0.229 e. The Morgan fingerprint density at radius 2 is 1.66 bits per heavy atom. The van der Waals surface area contributed by atoms with E-state index < -0.39 is 37.3 Å². The van der Waals surface area contributed by atoms with Gasteiger partial charge in [-0.1, -0.05) is 12.1 Å². The lowest BCUT2D eigenvalue weighted by molar-refractivity contribution is -0.277. The Kier molecular flexibility index (Phi) is 7.29. The quantitative estimate of drug-likeness (QED) is 0.335. The molecule has 10 nitrogen and oxygen atoms in total. The van der Waals surface area contributed by atoms with E-state index >= 15 is 0 Å². The number of nitrogens with one attached hydrogen (secondary N) is 1. The Morgan fingerprint density at radius 1 is 0.971 bits per heavy atom. The van der Waals surface area contributed by atoms with E-state index in [0.717, 1.165) is 28.2 Å². The summed E-state index contributed by atoms with van der Waals surface area (Å²) in [6.07, 6.45) is -6.90. The summed E-state index contributed by atoms with van der Waals surface area (Å²) in [5, 5.41) is 39.6. The van der Waals surface area contributed by atoms with Crippen LogP contribution in [0.1, 0.15) is 5.69 Å². The number of aromatic amines is 1. The third kappa shape index (κ3) is 4.97. The average molecular weight is 486 g/mol. The average Bonchev–Trinajstić information content (AvgIpc) is 3.26. The lowest BCUT2D eigenvalue weighted by atomic mass is 9.99. The topological polar surface area (TPSA) is 141 Å². The fraction of sp³-hybridized carbons (Fsp3) is 0.400. The first-order valence-electron chi connectivity index (χ1n) is 11.2. The molecule has 3 aromatic rings. The Balaban J connectivity index is 1.58. The highest BCUT2D eigenvalue weighted by Gasteiger charge is 2.45. The van der Waals surface area contributed by atoms with Gasteiger partial charge >= 0.3 is 0 Å². The smallest absolute Gasteiger partial charge is 0.229 e. The molecule has 10 heteroatoms. The predicted octanol–water partition coefficient (Wildman–Crippen LogP) is 1.31. The van der Waals surface area contributed by atoms with Crippen molar-refractivity contribution in [3.8, 4) is 34.1 Å². The van der Waals surface area contributed by atoms with Gasteiger partial charge in [-0.05, 0) is 37.3 Å². The molecule has 1 aliphatic heterocycles. The first-order valence-corrected chi connectivity index (χ1v) is 11.2. The van der Waals surface area contributed by atoms with Gasteiger partial charge in [0.2, 0.25) is 6.29 Å². The summed E-state index contributed by atoms with van der Waals surface area (Å²) in [6, 6.07) is 13.3. The number of methoxy groups -OCH3 is 1. The number of aliphatic hydroxyl groups excluding tert-OH is 4. The third-order valence-electron chi connectivity index (χ3n) is 6.07. The van der Waals surface area contributed by atoms with Crippen LogP contribution in [0, 0.1) is 6.92 Å². The van der Waals surface area contributed by atoms with Crippen LogP contribution in [-0.2, 0) is 4.74 Å². The maximum atomic E-state index is 10.3. The highest BCUT2D eigenvalue weighted by molar-refractivity contribution is 5.70. The second-order valence-electron chi connectivity index (χ2n) is 8.68. The van der Waals surface area contributed by atoms with E-state index in [2.05, 4.69) is 4.98 Å². The van der Waals surface area contributed by atoms with Gasteiger partial charge in [0.15, 0.2) is 11.5 Å². The molecule has 1 aliphatic rings. The molecule has 0 saturated carbocycles. The summed E-state index contributed by atoms with van der Waals surface area (Å²) in [6.45, 7) is 1.42. The van der Waals surface area contributed by atoms with E-state index in [9.17, 15) is 20.4 Å². The number of benzene rings is 2. The monoisotopic (exact) mass is 485 g/mol. The predicted molar refractivity (Wildman–Crippen MR) is 129 cm³/mol. The summed E-state index contributed by atoms with van der Waals surface area (Å²) in [4.78, 5) is 10.1. The van der Waals surface area contributed by atoms with E-state index in [4.69, 9.17) is 19.2 Å². The van der Waals surface area contributed by atoms with Crippen molar-refractivity contribution in [3.05, 3.63) is 48.2 Å². The van der Waals surface area contributed by atoms with Crippen LogP contribution in [0.2, 0.25) is 0 Å². The lowest BCUT2D eigenvalue weighted by Crippen LogP contribution is -2.60. The normalized spacial score (nSPS) is 24.3. The van der Waals surface area contributed by atoms with Crippen molar-refractivity contribution >= 4 is 5.69 Å². The van der Waals surface area contributed by atoms with Crippen molar-refractivity contribution in [1.82, 2.24) is 9.97 Å². The standard InChI is InChI=1S/C25H31N3O7/c1-13-20(14-5-8-16(9-6-14)28(2)3)27-24(26-13)15-7-10-17(18(11-15)33-4)34-25-23(32)22(31)21(30)19(12-29)35-25/h5-11,19,21-23,25,29-32H,12H2,1-4H3,(H,26,27)/t19-,21+,22+,23-,25-/m1/s1. The van der Waals surface area contributed by atoms with Crippen molar-refractivity contribution in [1.29, 1.82) is 0 Å². The number of aromatic nitrogens is 2. The second kappa shape index (κ2) is 10.2. The van der Waals surface area contributed by atoms with Gasteiger partial charge in [-0.15, -0.1) is 0 Å². The SMILES string of the molecule is COc1cc(-c2nc(-c3ccc(N(C)C)cc3)c(C)[nH]2)ccc1O[C@@H]1O[C@H](CO)[C@H](O)[C@H](O)[C@H]1O. The number of H-pyrrole nitrogens is 1. The van der Waals surface area contributed by atoms with Crippen molar-refractivity contribution < 1.29 is 34.6 Å². The molecule has 35 heavy (non-hydrogen) atoms. The Labute approximate surface area is 203 Å². The molecule has 188 valence electrons. The molecule has 0 spiro atoms. The van der Waals surface area contributed by atoms with Gasteiger partial charge < -0.3 is 44.5 Å². The number of hydrogen-bond acceptors (Lipinski definition) is 9. The first kappa shape index (κ1) is 25.0. The van der Waals surface area contributed by atoms with Crippen LogP contribution in [0.25, 0.3) is 22.6 Å². The van der Waals surface area contributed by atoms with Crippen LogP contribution in [-0.4, -0.2) is 88.9 Å². The minimum absolute atomic E-state index is 0.253. The molecule has 0 aliphatic carbocycles. The zero-order valence-corrected chi connectivity index (χ0v) is 20.0. The molecule has 1 saturated heterocycles. The number of aliphatic hydroxyl groups is 4. The van der Waals surface area contributed by atoms with Gasteiger partial charge in [-0.25, -0.2) is 4.98 Å². The molecule has 0 amide bonds. The minimum Gasteiger partial charge on any atom is -0.493 e. The molecule has 2 aromatic carbocycles. The van der Waals surface area contributed by atoms with Gasteiger partial charge in [-0.2, -0.15) is 0 Å². The van der Waals surface area contributed by atoms with E-state index in [1.165, 1.54) is 7.11 Å². The number of anilines is 1. The number of nitrogens with zero attached hydrogens (tertiary/aromatic N) is 2. The second-order valence-corrected chi connectivity index (χ2v) is 8.68. The number of imidazole rings is 1. The molecule has 5 N–H and O–H groups in total. The van der Waals surface area contributed by atoms with Gasteiger partial charge in [-0.3, -0.25) is 0 Å². The molecule has 0 unspecified atom stereocenters. The molecule has 1 aromatic heterocycles. The molecule has 5 atom stereocenters. The van der Waals surface area contributed by atoms with Crippen LogP contribution in [0.4, 0.5) is 5.69 Å². The van der Waals surface area contributed by atoms with Crippen molar-refractivity contribution in [2.75, 3.05) is 32.7 Å². The van der Waals surface area contributed by atoms with Gasteiger partial charge in [0.05, 0.1) is 19.4 Å². The van der Waals surface area contributed by atoms with Crippen molar-refractivity contribution in [3.63, 3.8) is 0 Å². The van der Waals surface area contributed by atoms with Crippen LogP contribution in [0.5, 0.6) is 11.5 Å². The first-order chi connectivity index (χ1) is 16.7. The molecule has 2 heterocycles. The highest BCUT2D eigenvalue weighted by Crippen LogP contribution is 2.35. The highest BCUT2D eigenvalue weighted by atomic mass is 16.7. The molecule has 4 rings (SSSR count). The zero-order chi connectivity index (χ0) is 25.3. The van der Waals surface area contributed by atoms with Crippen LogP contribution >= 0.6 is 0 Å². The molecule has 1 fully saturated rings. The molecular weight excluding hydrogens is 454 g/mol. The van der Waals surface area contributed by atoms with Crippen LogP contribution in [0.15, 0.2) is 42.5 Å². The summed E-state index contributed by atoms with van der Waals surface area (Å²) in [7, 11) is 5.46. The van der Waals surface area contributed by atoms with E-state index in [0.29, 0.717) is 11.6 Å². The number of ether oxygens (including phenoxy) is 3. The molecule has 0 bridgehead atoms. The summed E-state index contributed by atoms with van der Waals surface area (Å²) in [5.41, 5.74) is 4.60. The molecular formula is C25H31N3O7. The summed E-state index contributed by atoms with van der Waals surface area (Å²) in [5.74, 6) is 1.25. The van der Waals surface area contributed by atoms with Crippen molar-refractivity contribution in [2.24, 2.45) is 0 Å². The fourth-order valence-electron chi connectivity index (χ4n) is 4.00. The molecule has 0 radical (unpaired) electrons. The summed E-state index contributed by atoms with van der Waals surface area (Å²) >= 11 is 0. The number of rotatable bonds is 7. The minimum atomic E-state index is -1.53. The van der Waals surface area contributed by atoms with Gasteiger partial charge in [0, 0.05) is 36.6 Å². The van der Waals surface area contributed by atoms with E-state index in [1.54, 1.807) is 18.2 Å². The van der Waals surface area contributed by atoms with Crippen molar-refractivity contribution in [2.45, 2.75) is 37.6 Å². The fourth-order valence-corrected chi connectivity index (χ4v) is 4.00. The largest absolute Gasteiger partial charge is 0.493 e. The van der Waals surface area contributed by atoms with E-state index in [1.807, 2.05) is 50.2 Å².